The van der Waals surface area contributed by atoms with Crippen LogP contribution in [-0.4, -0.2) is 24.7 Å². The van der Waals surface area contributed by atoms with Crippen molar-refractivity contribution in [3.8, 4) is 5.75 Å². The summed E-state index contributed by atoms with van der Waals surface area (Å²) in [6, 6.07) is 12.9. The molecule has 0 fully saturated rings. The zero-order valence-corrected chi connectivity index (χ0v) is 15.1. The molecule has 1 aliphatic rings. The van der Waals surface area contributed by atoms with E-state index in [1.165, 1.54) is 0 Å². The van der Waals surface area contributed by atoms with Crippen LogP contribution >= 0.6 is 15.9 Å². The van der Waals surface area contributed by atoms with Crippen LogP contribution in [-0.2, 0) is 12.0 Å². The van der Waals surface area contributed by atoms with E-state index in [4.69, 9.17) is 4.74 Å². The second kappa shape index (κ2) is 6.95. The molecule has 2 N–H and O–H groups in total. The second-order valence-corrected chi connectivity index (χ2v) is 7.01. The maximum atomic E-state index is 12.3. The lowest BCUT2D eigenvalue weighted by molar-refractivity contribution is 0.0189. The maximum Gasteiger partial charge on any atom is 0.251 e. The maximum absolute atomic E-state index is 12.3. The summed E-state index contributed by atoms with van der Waals surface area (Å²) in [5, 5.41) is 13.9. The number of halogens is 1. The Labute approximate surface area is 150 Å². The highest BCUT2D eigenvalue weighted by atomic mass is 79.9. The number of hydrogen-bond acceptors (Lipinski definition) is 3. The van der Waals surface area contributed by atoms with Gasteiger partial charge in [-0.25, -0.2) is 0 Å². The fourth-order valence-electron chi connectivity index (χ4n) is 3.18. The lowest BCUT2D eigenvalue weighted by Crippen LogP contribution is -2.43. The van der Waals surface area contributed by atoms with Gasteiger partial charge in [0.15, 0.2) is 0 Å². The van der Waals surface area contributed by atoms with Gasteiger partial charge in [0.1, 0.15) is 11.4 Å². The number of fused-ring (bicyclic) bond motifs is 1. The number of nitrogens with one attached hydrogen (secondary N) is 1. The molecule has 3 rings (SSSR count). The molecular formula is C19H20BrNO3. The Hall–Kier alpha value is -1.85. The predicted molar refractivity (Wildman–Crippen MR) is 96.3 cm³/mol. The fraction of sp³-hybridized carbons (Fsp3) is 0.316. The first-order valence-electron chi connectivity index (χ1n) is 7.95. The highest BCUT2D eigenvalue weighted by molar-refractivity contribution is 9.10. The van der Waals surface area contributed by atoms with Gasteiger partial charge in [0.2, 0.25) is 0 Å². The molecule has 5 heteroatoms. The first-order chi connectivity index (χ1) is 11.5. The van der Waals surface area contributed by atoms with E-state index in [1.807, 2.05) is 30.3 Å². The second-order valence-electron chi connectivity index (χ2n) is 6.10. The molecular weight excluding hydrogens is 370 g/mol. The van der Waals surface area contributed by atoms with Crippen LogP contribution in [0, 0.1) is 0 Å². The van der Waals surface area contributed by atoms with Crippen LogP contribution in [0.1, 0.15) is 34.3 Å². The Morgan fingerprint density at radius 2 is 2.04 bits per heavy atom. The smallest absolute Gasteiger partial charge is 0.251 e. The Morgan fingerprint density at radius 1 is 1.29 bits per heavy atom. The van der Waals surface area contributed by atoms with Crippen molar-refractivity contribution in [1.82, 2.24) is 5.32 Å². The average molecular weight is 390 g/mol. The van der Waals surface area contributed by atoms with Gasteiger partial charge in [0.05, 0.1) is 13.7 Å². The molecule has 1 unspecified atom stereocenters. The number of aliphatic hydroxyl groups is 1. The molecule has 4 nitrogen and oxygen atoms in total. The fourth-order valence-corrected chi connectivity index (χ4v) is 3.44. The highest BCUT2D eigenvalue weighted by Crippen LogP contribution is 2.36. The van der Waals surface area contributed by atoms with E-state index in [9.17, 15) is 9.90 Å². The number of benzene rings is 2. The average Bonchev–Trinajstić information content (AvgIpc) is 2.60. The third-order valence-electron chi connectivity index (χ3n) is 4.50. The first kappa shape index (κ1) is 17.0. The minimum atomic E-state index is -1.04. The Balaban J connectivity index is 1.75. The first-order valence-corrected chi connectivity index (χ1v) is 8.75. The van der Waals surface area contributed by atoms with Gasteiger partial charge in [0.25, 0.3) is 5.91 Å². The summed E-state index contributed by atoms with van der Waals surface area (Å²) in [5.74, 6) is 0.605. The minimum Gasteiger partial charge on any atom is -0.497 e. The van der Waals surface area contributed by atoms with Crippen LogP contribution in [0.3, 0.4) is 0 Å². The molecule has 0 aromatic heterocycles. The molecule has 2 aromatic carbocycles. The van der Waals surface area contributed by atoms with Gasteiger partial charge in [-0.05, 0) is 66.8 Å². The summed E-state index contributed by atoms with van der Waals surface area (Å²) in [7, 11) is 1.63. The molecule has 0 saturated heterocycles. The van der Waals surface area contributed by atoms with E-state index in [0.29, 0.717) is 12.0 Å². The molecule has 0 aliphatic heterocycles. The van der Waals surface area contributed by atoms with E-state index in [0.717, 1.165) is 34.2 Å². The number of carbonyl (C=O) groups excluding carboxylic acids is 1. The van der Waals surface area contributed by atoms with Gasteiger partial charge >= 0.3 is 0 Å². The monoisotopic (exact) mass is 389 g/mol. The van der Waals surface area contributed by atoms with Gasteiger partial charge in [0, 0.05) is 10.0 Å². The van der Waals surface area contributed by atoms with Crippen LogP contribution in [0.4, 0.5) is 0 Å². The predicted octanol–water partition coefficient (Wildman–Crippen LogP) is 3.41. The van der Waals surface area contributed by atoms with Crippen molar-refractivity contribution in [2.24, 2.45) is 0 Å². The summed E-state index contributed by atoms with van der Waals surface area (Å²) in [6.07, 6.45) is 2.42. The Morgan fingerprint density at radius 3 is 2.75 bits per heavy atom. The van der Waals surface area contributed by atoms with Crippen LogP contribution in [0.2, 0.25) is 0 Å². The molecule has 126 valence electrons. The summed E-state index contributed by atoms with van der Waals surface area (Å²) >= 11 is 3.35. The zero-order valence-electron chi connectivity index (χ0n) is 13.5. The van der Waals surface area contributed by atoms with Crippen LogP contribution < -0.4 is 10.1 Å². The van der Waals surface area contributed by atoms with Gasteiger partial charge < -0.3 is 15.2 Å². The number of amides is 1. The minimum absolute atomic E-state index is 0.184. The molecule has 24 heavy (non-hydrogen) atoms. The van der Waals surface area contributed by atoms with Gasteiger partial charge in [-0.15, -0.1) is 0 Å². The lowest BCUT2D eigenvalue weighted by Gasteiger charge is -2.35. The molecule has 2 aromatic rings. The van der Waals surface area contributed by atoms with Gasteiger partial charge in [-0.3, -0.25) is 4.79 Å². The summed E-state index contributed by atoms with van der Waals surface area (Å²) in [5.41, 5.74) is 1.50. The molecule has 0 heterocycles. The molecule has 1 atom stereocenters. The molecule has 0 bridgehead atoms. The number of aryl methyl sites for hydroxylation is 1. The van der Waals surface area contributed by atoms with Crippen molar-refractivity contribution >= 4 is 21.8 Å². The third-order valence-corrected chi connectivity index (χ3v) is 5.03. The SMILES string of the molecule is COc1ccc2c(c1)CCCC2(O)CNC(=O)c1ccc(Br)cc1. The van der Waals surface area contributed by atoms with Crippen molar-refractivity contribution in [3.05, 3.63) is 63.6 Å². The number of ether oxygens (including phenoxy) is 1. The van der Waals surface area contributed by atoms with Gasteiger partial charge in [-0.2, -0.15) is 0 Å². The molecule has 1 amide bonds. The van der Waals surface area contributed by atoms with Crippen LogP contribution in [0.25, 0.3) is 0 Å². The van der Waals surface area contributed by atoms with E-state index in [-0.39, 0.29) is 12.5 Å². The summed E-state index contributed by atoms with van der Waals surface area (Å²) in [6.45, 7) is 0.196. The highest BCUT2D eigenvalue weighted by Gasteiger charge is 2.34. The molecule has 1 aliphatic carbocycles. The number of rotatable bonds is 4. The summed E-state index contributed by atoms with van der Waals surface area (Å²) in [4.78, 5) is 12.3. The van der Waals surface area contributed by atoms with E-state index >= 15 is 0 Å². The number of hydrogen-bond donors (Lipinski definition) is 2. The molecule has 0 spiro atoms. The number of carbonyl (C=O) groups is 1. The van der Waals surface area contributed by atoms with Crippen molar-refractivity contribution in [1.29, 1.82) is 0 Å². The Kier molecular flexibility index (Phi) is 4.92. The topological polar surface area (TPSA) is 58.6 Å². The summed E-state index contributed by atoms with van der Waals surface area (Å²) < 4.78 is 6.18. The van der Waals surface area contributed by atoms with Crippen LogP contribution in [0.5, 0.6) is 5.75 Å². The van der Waals surface area contributed by atoms with Crippen molar-refractivity contribution in [2.75, 3.05) is 13.7 Å². The molecule has 0 radical (unpaired) electrons. The molecule has 0 saturated carbocycles. The largest absolute Gasteiger partial charge is 0.497 e. The van der Waals surface area contributed by atoms with E-state index < -0.39 is 5.60 Å². The normalized spacial score (nSPS) is 19.5. The Bertz CT molecular complexity index is 745. The quantitative estimate of drug-likeness (QED) is 0.841. The third kappa shape index (κ3) is 3.47. The standard InChI is InChI=1S/C19H20BrNO3/c1-24-16-8-9-17-14(11-16)3-2-10-19(17,23)12-21-18(22)13-4-6-15(20)7-5-13/h4-9,11,23H,2-3,10,12H2,1H3,(H,21,22). The van der Waals surface area contributed by atoms with Gasteiger partial charge in [-0.1, -0.05) is 22.0 Å². The lowest BCUT2D eigenvalue weighted by atomic mass is 9.79. The van der Waals surface area contributed by atoms with Crippen LogP contribution in [0.15, 0.2) is 46.9 Å². The van der Waals surface area contributed by atoms with Crippen molar-refractivity contribution in [3.63, 3.8) is 0 Å². The van der Waals surface area contributed by atoms with E-state index in [1.54, 1.807) is 19.2 Å². The zero-order chi connectivity index (χ0) is 17.2. The van der Waals surface area contributed by atoms with Crippen molar-refractivity contribution < 1.29 is 14.6 Å². The number of methoxy groups -OCH3 is 1. The van der Waals surface area contributed by atoms with Crippen molar-refractivity contribution in [2.45, 2.75) is 24.9 Å². The van der Waals surface area contributed by atoms with E-state index in [2.05, 4.69) is 21.2 Å².